The van der Waals surface area contributed by atoms with Gasteiger partial charge in [0.05, 0.1) is 6.33 Å². The first kappa shape index (κ1) is 8.58. The second kappa shape index (κ2) is 3.25. The Bertz CT molecular complexity index is 292. The van der Waals surface area contributed by atoms with E-state index in [0.717, 1.165) is 0 Å². The molecule has 1 rings (SSSR count). The maximum atomic E-state index is 11.2. The minimum absolute atomic E-state index is 0.226. The van der Waals surface area contributed by atoms with Crippen molar-refractivity contribution in [2.24, 2.45) is 7.05 Å². The molecule has 0 atom stereocenters. The Morgan fingerprint density at radius 2 is 2.50 bits per heavy atom. The highest BCUT2D eigenvalue weighted by Crippen LogP contribution is 2.06. The monoisotopic (exact) mass is 168 g/mol. The van der Waals surface area contributed by atoms with Gasteiger partial charge < -0.3 is 15.6 Å². The lowest BCUT2D eigenvalue weighted by Crippen LogP contribution is -2.24. The molecule has 1 aromatic heterocycles. The van der Waals surface area contributed by atoms with Gasteiger partial charge in [-0.2, -0.15) is 0 Å². The summed E-state index contributed by atoms with van der Waals surface area (Å²) >= 11 is 0. The molecule has 1 aromatic rings. The average Bonchev–Trinajstić information content (AvgIpc) is 2.34. The van der Waals surface area contributed by atoms with E-state index in [9.17, 15) is 4.79 Å². The maximum absolute atomic E-state index is 11.2. The highest BCUT2D eigenvalue weighted by molar-refractivity contribution is 5.96. The van der Waals surface area contributed by atoms with Gasteiger partial charge in [-0.1, -0.05) is 0 Å². The molecule has 0 aliphatic rings. The van der Waals surface area contributed by atoms with E-state index in [-0.39, 0.29) is 5.91 Å². The second-order valence-corrected chi connectivity index (χ2v) is 2.45. The van der Waals surface area contributed by atoms with E-state index >= 15 is 0 Å². The van der Waals surface area contributed by atoms with Crippen LogP contribution < -0.4 is 11.1 Å². The number of hydrogen-bond acceptors (Lipinski definition) is 3. The number of anilines is 1. The van der Waals surface area contributed by atoms with Gasteiger partial charge in [0.2, 0.25) is 0 Å². The van der Waals surface area contributed by atoms with Gasteiger partial charge in [0.1, 0.15) is 5.82 Å². The van der Waals surface area contributed by atoms with Crippen LogP contribution in [0.1, 0.15) is 17.4 Å². The molecule has 0 bridgehead atoms. The van der Waals surface area contributed by atoms with Crippen molar-refractivity contribution in [3.8, 4) is 0 Å². The summed E-state index contributed by atoms with van der Waals surface area (Å²) in [6, 6.07) is 0. The predicted octanol–water partition coefficient (Wildman–Crippen LogP) is -0.248. The van der Waals surface area contributed by atoms with Crippen molar-refractivity contribution >= 4 is 11.7 Å². The molecule has 0 unspecified atom stereocenters. The van der Waals surface area contributed by atoms with Crippen LogP contribution in [0, 0.1) is 0 Å². The molecule has 0 saturated heterocycles. The van der Waals surface area contributed by atoms with Crippen molar-refractivity contribution in [1.82, 2.24) is 14.9 Å². The Morgan fingerprint density at radius 3 is 2.92 bits per heavy atom. The van der Waals surface area contributed by atoms with E-state index in [4.69, 9.17) is 5.73 Å². The molecule has 0 saturated carbocycles. The minimum Gasteiger partial charge on any atom is -0.383 e. The van der Waals surface area contributed by atoms with E-state index < -0.39 is 0 Å². The maximum Gasteiger partial charge on any atom is 0.273 e. The van der Waals surface area contributed by atoms with E-state index in [0.29, 0.717) is 18.1 Å². The standard InChI is InChI=1S/C7H12N4O/c1-3-9-7(12)5-6(8)11(2)4-10-5/h4H,3,8H2,1-2H3,(H,9,12). The van der Waals surface area contributed by atoms with Gasteiger partial charge in [0.25, 0.3) is 5.91 Å². The summed E-state index contributed by atoms with van der Waals surface area (Å²) in [6.45, 7) is 2.42. The van der Waals surface area contributed by atoms with Gasteiger partial charge >= 0.3 is 0 Å². The van der Waals surface area contributed by atoms with Crippen LogP contribution in [-0.2, 0) is 7.05 Å². The van der Waals surface area contributed by atoms with E-state index in [1.807, 2.05) is 6.92 Å². The third-order valence-corrected chi connectivity index (χ3v) is 1.54. The number of aromatic nitrogens is 2. The summed E-state index contributed by atoms with van der Waals surface area (Å²) in [5.74, 6) is 0.163. The molecule has 5 nitrogen and oxygen atoms in total. The molecule has 0 fully saturated rings. The lowest BCUT2D eigenvalue weighted by molar-refractivity contribution is 0.0952. The summed E-state index contributed by atoms with van der Waals surface area (Å²) in [5, 5.41) is 2.62. The Kier molecular flexibility index (Phi) is 2.32. The fraction of sp³-hybridized carbons (Fsp3) is 0.429. The minimum atomic E-state index is -0.226. The summed E-state index contributed by atoms with van der Waals surface area (Å²) in [4.78, 5) is 15.1. The third-order valence-electron chi connectivity index (χ3n) is 1.54. The lowest BCUT2D eigenvalue weighted by Gasteiger charge is -1.99. The number of nitrogens with two attached hydrogens (primary N) is 1. The zero-order valence-corrected chi connectivity index (χ0v) is 7.16. The molecular formula is C7H12N4O. The number of aryl methyl sites for hydroxylation is 1. The SMILES string of the molecule is CCNC(=O)c1ncn(C)c1N. The number of hydrogen-bond donors (Lipinski definition) is 2. The Hall–Kier alpha value is -1.52. The molecule has 66 valence electrons. The van der Waals surface area contributed by atoms with Crippen LogP contribution in [-0.4, -0.2) is 22.0 Å². The molecule has 12 heavy (non-hydrogen) atoms. The van der Waals surface area contributed by atoms with Gasteiger partial charge in [-0.05, 0) is 6.92 Å². The van der Waals surface area contributed by atoms with Crippen LogP contribution in [0.2, 0.25) is 0 Å². The van der Waals surface area contributed by atoms with Crippen LogP contribution in [0.5, 0.6) is 0 Å². The largest absolute Gasteiger partial charge is 0.383 e. The van der Waals surface area contributed by atoms with Crippen LogP contribution in [0.15, 0.2) is 6.33 Å². The number of nitrogens with zero attached hydrogens (tertiary/aromatic N) is 2. The topological polar surface area (TPSA) is 72.9 Å². The highest BCUT2D eigenvalue weighted by Gasteiger charge is 2.12. The van der Waals surface area contributed by atoms with Crippen LogP contribution in [0.4, 0.5) is 5.82 Å². The number of amides is 1. The molecule has 1 heterocycles. The van der Waals surface area contributed by atoms with Crippen LogP contribution in [0.25, 0.3) is 0 Å². The zero-order chi connectivity index (χ0) is 9.14. The first-order valence-electron chi connectivity index (χ1n) is 3.71. The molecule has 5 heteroatoms. The first-order chi connectivity index (χ1) is 5.66. The van der Waals surface area contributed by atoms with E-state index in [1.165, 1.54) is 6.33 Å². The second-order valence-electron chi connectivity index (χ2n) is 2.45. The van der Waals surface area contributed by atoms with Crippen molar-refractivity contribution in [2.75, 3.05) is 12.3 Å². The van der Waals surface area contributed by atoms with E-state index in [2.05, 4.69) is 10.3 Å². The average molecular weight is 168 g/mol. The smallest absolute Gasteiger partial charge is 0.273 e. The number of imidazole rings is 1. The zero-order valence-electron chi connectivity index (χ0n) is 7.16. The summed E-state index contributed by atoms with van der Waals surface area (Å²) in [5.41, 5.74) is 5.86. The van der Waals surface area contributed by atoms with Gasteiger partial charge in [-0.25, -0.2) is 4.98 Å². The van der Waals surface area contributed by atoms with Crippen molar-refractivity contribution in [2.45, 2.75) is 6.92 Å². The molecule has 3 N–H and O–H groups in total. The van der Waals surface area contributed by atoms with Crippen molar-refractivity contribution in [3.05, 3.63) is 12.0 Å². The van der Waals surface area contributed by atoms with Crippen LogP contribution >= 0.6 is 0 Å². The quantitative estimate of drug-likeness (QED) is 0.639. The van der Waals surface area contributed by atoms with Gasteiger partial charge in [-0.15, -0.1) is 0 Å². The molecule has 0 aliphatic heterocycles. The highest BCUT2D eigenvalue weighted by atomic mass is 16.1. The summed E-state index contributed by atoms with van der Waals surface area (Å²) in [7, 11) is 1.74. The number of carbonyl (C=O) groups is 1. The van der Waals surface area contributed by atoms with Gasteiger partial charge in [-0.3, -0.25) is 4.79 Å². The number of nitrogens with one attached hydrogen (secondary N) is 1. The molecular weight excluding hydrogens is 156 g/mol. The fourth-order valence-corrected chi connectivity index (χ4v) is 0.859. The molecule has 0 aliphatic carbocycles. The predicted molar refractivity (Wildman–Crippen MR) is 45.6 cm³/mol. The van der Waals surface area contributed by atoms with E-state index in [1.54, 1.807) is 11.6 Å². The summed E-state index contributed by atoms with van der Waals surface area (Å²) < 4.78 is 1.60. The van der Waals surface area contributed by atoms with Crippen LogP contribution in [0.3, 0.4) is 0 Å². The van der Waals surface area contributed by atoms with Gasteiger partial charge in [0, 0.05) is 13.6 Å². The summed E-state index contributed by atoms with van der Waals surface area (Å²) in [6.07, 6.45) is 1.51. The first-order valence-corrected chi connectivity index (χ1v) is 3.71. The molecule has 0 radical (unpaired) electrons. The molecule has 0 aromatic carbocycles. The Morgan fingerprint density at radius 1 is 1.83 bits per heavy atom. The third kappa shape index (κ3) is 1.39. The molecule has 0 spiro atoms. The number of rotatable bonds is 2. The van der Waals surface area contributed by atoms with Crippen molar-refractivity contribution in [3.63, 3.8) is 0 Å². The molecule has 1 amide bonds. The van der Waals surface area contributed by atoms with Crippen molar-refractivity contribution in [1.29, 1.82) is 0 Å². The van der Waals surface area contributed by atoms with Gasteiger partial charge in [0.15, 0.2) is 5.69 Å². The number of nitrogen functional groups attached to an aromatic ring is 1. The number of carbonyl (C=O) groups excluding carboxylic acids is 1. The fourth-order valence-electron chi connectivity index (χ4n) is 0.859. The lowest BCUT2D eigenvalue weighted by atomic mass is 10.4. The normalized spacial score (nSPS) is 9.83. The Balaban J connectivity index is 2.88. The van der Waals surface area contributed by atoms with Crippen molar-refractivity contribution < 1.29 is 4.79 Å². The Labute approximate surface area is 70.6 Å².